The first-order valence-corrected chi connectivity index (χ1v) is 14.0. The number of rotatable bonds is 7. The molecule has 3 heterocycles. The molecule has 0 unspecified atom stereocenters. The largest absolute Gasteiger partial charge is 0.323 e. The van der Waals surface area contributed by atoms with Crippen LogP contribution in [0.25, 0.3) is 16.8 Å². The number of nitrogens with one attached hydrogen (secondary N) is 2. The quantitative estimate of drug-likeness (QED) is 0.390. The first-order valence-electron chi connectivity index (χ1n) is 12.5. The van der Waals surface area contributed by atoms with Crippen LogP contribution < -0.4 is 10.0 Å². The van der Waals surface area contributed by atoms with E-state index in [0.717, 1.165) is 48.4 Å². The number of hydrogen-bond donors (Lipinski definition) is 2. The van der Waals surface area contributed by atoms with E-state index in [1.165, 1.54) is 18.4 Å². The molecule has 0 radical (unpaired) electrons. The molecule has 186 valence electrons. The van der Waals surface area contributed by atoms with Crippen molar-refractivity contribution in [3.05, 3.63) is 72.4 Å². The lowest BCUT2D eigenvalue weighted by Crippen LogP contribution is -2.29. The zero-order valence-electron chi connectivity index (χ0n) is 20.3. The van der Waals surface area contributed by atoms with Crippen LogP contribution in [0.5, 0.6) is 0 Å². The number of sulfonamides is 1. The summed E-state index contributed by atoms with van der Waals surface area (Å²) in [6.07, 6.45) is 5.95. The molecule has 0 amide bonds. The van der Waals surface area contributed by atoms with Gasteiger partial charge in [0, 0.05) is 17.3 Å². The Morgan fingerprint density at radius 1 is 0.944 bits per heavy atom. The average Bonchev–Trinajstić information content (AvgIpc) is 3.59. The van der Waals surface area contributed by atoms with Crippen molar-refractivity contribution in [1.82, 2.24) is 24.2 Å². The van der Waals surface area contributed by atoms with E-state index in [9.17, 15) is 8.42 Å². The number of piperidine rings is 1. The van der Waals surface area contributed by atoms with Crippen LogP contribution in [0.15, 0.2) is 71.8 Å². The van der Waals surface area contributed by atoms with Gasteiger partial charge in [-0.3, -0.25) is 0 Å². The smallest absolute Gasteiger partial charge is 0.245 e. The molecule has 2 aromatic heterocycles. The molecule has 1 aliphatic heterocycles. The molecule has 8 nitrogen and oxygen atoms in total. The molecule has 0 bridgehead atoms. The first-order chi connectivity index (χ1) is 17.4. The van der Waals surface area contributed by atoms with E-state index in [-0.39, 0.29) is 10.9 Å². The van der Waals surface area contributed by atoms with Gasteiger partial charge >= 0.3 is 0 Å². The van der Waals surface area contributed by atoms with Crippen LogP contribution >= 0.6 is 0 Å². The van der Waals surface area contributed by atoms with Crippen LogP contribution in [0, 0.1) is 0 Å². The predicted octanol–water partition coefficient (Wildman–Crippen LogP) is 4.39. The monoisotopic (exact) mass is 502 g/mol. The average molecular weight is 503 g/mol. The fraction of sp³-hybridized carbons (Fsp3) is 0.333. The van der Waals surface area contributed by atoms with E-state index in [0.29, 0.717) is 11.9 Å². The van der Waals surface area contributed by atoms with Crippen molar-refractivity contribution < 1.29 is 8.42 Å². The Hall–Kier alpha value is -3.27. The molecular formula is C27H30N6O2S. The van der Waals surface area contributed by atoms with Gasteiger partial charge in [0.2, 0.25) is 16.0 Å². The zero-order valence-corrected chi connectivity index (χ0v) is 21.1. The van der Waals surface area contributed by atoms with Gasteiger partial charge in [-0.2, -0.15) is 0 Å². The third-order valence-corrected chi connectivity index (χ3v) is 8.61. The third-order valence-electron chi connectivity index (χ3n) is 7.09. The van der Waals surface area contributed by atoms with Crippen molar-refractivity contribution in [2.45, 2.75) is 42.5 Å². The minimum atomic E-state index is -3.53. The minimum absolute atomic E-state index is 0.0626. The molecule has 1 saturated heterocycles. The van der Waals surface area contributed by atoms with Gasteiger partial charge in [-0.25, -0.2) is 22.6 Å². The number of likely N-dealkylation sites (tertiary alicyclic amines) is 1. The summed E-state index contributed by atoms with van der Waals surface area (Å²) in [5.74, 6) is 1.09. The minimum Gasteiger partial charge on any atom is -0.323 e. The number of aromatic nitrogens is 3. The summed E-state index contributed by atoms with van der Waals surface area (Å²) in [6, 6.07) is 19.5. The van der Waals surface area contributed by atoms with E-state index in [4.69, 9.17) is 5.10 Å². The molecule has 2 aliphatic rings. The topological polar surface area (TPSA) is 91.6 Å². The van der Waals surface area contributed by atoms with Crippen LogP contribution in [0.1, 0.15) is 37.2 Å². The summed E-state index contributed by atoms with van der Waals surface area (Å²) in [6.45, 7) is 2.28. The second-order valence-electron chi connectivity index (χ2n) is 9.88. The molecule has 1 saturated carbocycles. The van der Waals surface area contributed by atoms with Gasteiger partial charge in [0.05, 0.1) is 22.3 Å². The Balaban J connectivity index is 1.23. The van der Waals surface area contributed by atoms with E-state index >= 15 is 0 Å². The highest BCUT2D eigenvalue weighted by Gasteiger charge is 2.28. The fourth-order valence-electron chi connectivity index (χ4n) is 4.80. The molecule has 6 rings (SSSR count). The summed E-state index contributed by atoms with van der Waals surface area (Å²) in [4.78, 5) is 7.12. The van der Waals surface area contributed by atoms with E-state index < -0.39 is 10.0 Å². The van der Waals surface area contributed by atoms with Gasteiger partial charge in [0.25, 0.3) is 0 Å². The van der Waals surface area contributed by atoms with Crippen LogP contribution in [0.4, 0.5) is 11.6 Å². The molecule has 36 heavy (non-hydrogen) atoms. The maximum atomic E-state index is 12.7. The Bertz CT molecular complexity index is 1490. The lowest BCUT2D eigenvalue weighted by molar-refractivity contribution is 0.255. The predicted molar refractivity (Wildman–Crippen MR) is 141 cm³/mol. The maximum Gasteiger partial charge on any atom is 0.245 e. The Kier molecular flexibility index (Phi) is 5.99. The number of anilines is 2. The van der Waals surface area contributed by atoms with E-state index in [1.807, 2.05) is 18.2 Å². The Labute approximate surface area is 211 Å². The van der Waals surface area contributed by atoms with Crippen molar-refractivity contribution in [1.29, 1.82) is 0 Å². The molecule has 2 fully saturated rings. The van der Waals surface area contributed by atoms with Gasteiger partial charge in [0.15, 0.2) is 0 Å². The van der Waals surface area contributed by atoms with Crippen LogP contribution in [0.3, 0.4) is 0 Å². The summed E-state index contributed by atoms with van der Waals surface area (Å²) in [7, 11) is -1.35. The molecular weight excluding hydrogens is 472 g/mol. The van der Waals surface area contributed by atoms with E-state index in [2.05, 4.69) is 51.2 Å². The highest BCUT2D eigenvalue weighted by atomic mass is 32.2. The number of nitrogens with zero attached hydrogens (tertiary/aromatic N) is 4. The molecule has 1 aliphatic carbocycles. The molecule has 2 aromatic carbocycles. The van der Waals surface area contributed by atoms with Gasteiger partial charge in [0.1, 0.15) is 0 Å². The lowest BCUT2D eigenvalue weighted by atomic mass is 9.89. The summed E-state index contributed by atoms with van der Waals surface area (Å²) in [5.41, 5.74) is 4.72. The molecule has 0 atom stereocenters. The Morgan fingerprint density at radius 3 is 2.47 bits per heavy atom. The van der Waals surface area contributed by atoms with Gasteiger partial charge in [-0.05, 0) is 93.7 Å². The normalized spacial score (nSPS) is 17.5. The summed E-state index contributed by atoms with van der Waals surface area (Å²) in [5, 5.41) is 8.01. The van der Waals surface area contributed by atoms with Crippen LogP contribution in [0.2, 0.25) is 0 Å². The van der Waals surface area contributed by atoms with Gasteiger partial charge in [-0.1, -0.05) is 24.3 Å². The molecule has 2 N–H and O–H groups in total. The fourth-order valence-corrected chi connectivity index (χ4v) is 6.15. The number of fused-ring (bicyclic) bond motifs is 1. The molecule has 0 spiro atoms. The highest BCUT2D eigenvalue weighted by Crippen LogP contribution is 2.29. The summed E-state index contributed by atoms with van der Waals surface area (Å²) < 4.78 is 30.0. The zero-order chi connectivity index (χ0) is 24.7. The maximum absolute atomic E-state index is 12.7. The SMILES string of the molecule is CN1CCC(c2ccc(Nc3ncc4ccc(-c5cccc(S(=O)(=O)NC6CC6)c5)n4n3)cc2)CC1. The van der Waals surface area contributed by atoms with Crippen LogP contribution in [-0.2, 0) is 10.0 Å². The standard InChI is InChI=1S/C27H30N6O2S/c1-32-15-13-20(14-16-32)19-5-7-22(8-6-19)29-27-28-18-24-11-12-26(33(24)30-27)21-3-2-4-25(17-21)36(34,35)31-23-9-10-23/h2-8,11-12,17-18,20,23,31H,9-10,13-16H2,1H3,(H,29,30). The van der Waals surface area contributed by atoms with Crippen molar-refractivity contribution >= 4 is 27.2 Å². The van der Waals surface area contributed by atoms with Gasteiger partial charge < -0.3 is 10.2 Å². The third kappa shape index (κ3) is 4.86. The lowest BCUT2D eigenvalue weighted by Gasteiger charge is -2.29. The number of hydrogen-bond acceptors (Lipinski definition) is 6. The van der Waals surface area contributed by atoms with Crippen LogP contribution in [-0.4, -0.2) is 54.1 Å². The second-order valence-corrected chi connectivity index (χ2v) is 11.6. The first kappa shape index (κ1) is 23.1. The van der Waals surface area contributed by atoms with Crippen molar-refractivity contribution in [3.8, 4) is 11.3 Å². The summed E-state index contributed by atoms with van der Waals surface area (Å²) >= 11 is 0. The molecule has 9 heteroatoms. The molecule has 4 aromatic rings. The highest BCUT2D eigenvalue weighted by molar-refractivity contribution is 7.89. The van der Waals surface area contributed by atoms with Crippen molar-refractivity contribution in [2.75, 3.05) is 25.5 Å². The van der Waals surface area contributed by atoms with E-state index in [1.54, 1.807) is 28.9 Å². The number of benzene rings is 2. The Morgan fingerprint density at radius 2 is 1.72 bits per heavy atom. The van der Waals surface area contributed by atoms with Gasteiger partial charge in [-0.15, -0.1) is 5.10 Å². The second kappa shape index (κ2) is 9.31. The van der Waals surface area contributed by atoms with Crippen molar-refractivity contribution in [2.24, 2.45) is 0 Å². The van der Waals surface area contributed by atoms with Crippen molar-refractivity contribution in [3.63, 3.8) is 0 Å².